The van der Waals surface area contributed by atoms with E-state index in [-0.39, 0.29) is 129 Å². The fourth-order valence-corrected chi connectivity index (χ4v) is 0. The molecule has 0 saturated carbocycles. The van der Waals surface area contributed by atoms with Crippen molar-refractivity contribution in [3.05, 3.63) is 0 Å². The first-order valence-electron chi connectivity index (χ1n) is 1.31. The van der Waals surface area contributed by atoms with E-state index in [2.05, 4.69) is 0 Å². The first-order valence-corrected chi connectivity index (χ1v) is 3.93. The summed E-state index contributed by atoms with van der Waals surface area (Å²) >= 11 is -9.28. The standard InChI is InChI=1S/2Al.6FH.2Li.2Sr.6H/h;;6*1H;;;;;;;;;;/q2*+3;;;;;;;;;;;;;;;;/p-6. The molecule has 0 spiro atoms. The summed E-state index contributed by atoms with van der Waals surface area (Å²) in [4.78, 5) is 0. The van der Waals surface area contributed by atoms with E-state index in [0.29, 0.717) is 0 Å². The minimum atomic E-state index is -4.64. The van der Waals surface area contributed by atoms with Gasteiger partial charge in [0, 0.05) is 0 Å². The summed E-state index contributed by atoms with van der Waals surface area (Å²) in [6.07, 6.45) is 0. The molecule has 12 heavy (non-hydrogen) atoms. The van der Waals surface area contributed by atoms with Gasteiger partial charge in [0.15, 0.2) is 0 Å². The number of hydrogen-bond donors (Lipinski definition) is 0. The van der Waals surface area contributed by atoms with Crippen molar-refractivity contribution >= 4 is 160 Å². The molecule has 12 heteroatoms. The van der Waals surface area contributed by atoms with Crippen molar-refractivity contribution in [1.82, 2.24) is 0 Å². The van der Waals surface area contributed by atoms with Crippen molar-refractivity contribution in [3.8, 4) is 0 Å². The van der Waals surface area contributed by atoms with E-state index in [1.54, 1.807) is 0 Å². The van der Waals surface area contributed by atoms with Gasteiger partial charge in [-0.1, -0.05) is 0 Å². The van der Waals surface area contributed by atoms with Crippen LogP contribution in [0.15, 0.2) is 0 Å². The quantitative estimate of drug-likeness (QED) is 0.368. The van der Waals surface area contributed by atoms with E-state index in [4.69, 9.17) is 0 Å². The van der Waals surface area contributed by atoms with Gasteiger partial charge >= 0.3 is 160 Å². The van der Waals surface area contributed by atoms with Crippen LogP contribution in [0.2, 0.25) is 0 Å². The van der Waals surface area contributed by atoms with Crippen molar-refractivity contribution in [3.63, 3.8) is 0 Å². The predicted molar refractivity (Wildman–Crippen MR) is 49.5 cm³/mol. The maximum atomic E-state index is 9.81. The monoisotopic (exact) mass is 364 g/mol. The minimum absolute atomic E-state index is 0. The molecular weight excluding hydrogens is 357 g/mol. The van der Waals surface area contributed by atoms with E-state index < -0.39 is 31.1 Å². The average Bonchev–Trinajstić information content (AvgIpc) is 1.25. The van der Waals surface area contributed by atoms with E-state index >= 15 is 0 Å². The Kier molecular flexibility index (Phi) is 88.9. The van der Waals surface area contributed by atoms with Gasteiger partial charge in [0.25, 0.3) is 0 Å². The third kappa shape index (κ3) is 122. The van der Waals surface area contributed by atoms with Crippen LogP contribution in [0.4, 0.5) is 21.1 Å². The van der Waals surface area contributed by atoms with Crippen LogP contribution in [0.1, 0.15) is 0 Å². The summed E-state index contributed by atoms with van der Waals surface area (Å²) in [5.41, 5.74) is 0. The van der Waals surface area contributed by atoms with Gasteiger partial charge in [0.1, 0.15) is 0 Å². The Morgan fingerprint density at radius 2 is 0.500 bits per heavy atom. The summed E-state index contributed by atoms with van der Waals surface area (Å²) in [6.45, 7) is 0. The van der Waals surface area contributed by atoms with Crippen LogP contribution in [0.3, 0.4) is 0 Å². The first kappa shape index (κ1) is 36.0. The number of hydrogen-bond acceptors (Lipinski definition) is 0. The molecule has 0 fully saturated rings. The zero-order chi connectivity index (χ0) is 7.15. The van der Waals surface area contributed by atoms with Crippen LogP contribution in [0, 0.1) is 0 Å². The van der Waals surface area contributed by atoms with Gasteiger partial charge in [-0.3, -0.25) is 0 Å². The fraction of sp³-hybridized carbons (Fsp3) is 0. The topological polar surface area (TPSA) is 0 Å². The molecule has 0 bridgehead atoms. The van der Waals surface area contributed by atoms with Crippen LogP contribution < -0.4 is 0 Å². The summed E-state index contributed by atoms with van der Waals surface area (Å²) in [7, 11) is 0. The molecule has 0 N–H and O–H groups in total. The SMILES string of the molecule is [F][Al]([F])[F].[F][Al]([F])[F].[LiH].[LiH].[SrH2].[SrH2]. The molecule has 0 rings (SSSR count). The first-order chi connectivity index (χ1) is 3.46. The van der Waals surface area contributed by atoms with Gasteiger partial charge in [-0.25, -0.2) is 0 Å². The van der Waals surface area contributed by atoms with Gasteiger partial charge in [0.05, 0.1) is 0 Å². The molecule has 0 nitrogen and oxygen atoms in total. The Morgan fingerprint density at radius 1 is 0.500 bits per heavy atom. The van der Waals surface area contributed by atoms with Crippen LogP contribution in [0.5, 0.6) is 0 Å². The zero-order valence-corrected chi connectivity index (χ0v) is 5.73. The summed E-state index contributed by atoms with van der Waals surface area (Å²) in [6, 6.07) is 0. The van der Waals surface area contributed by atoms with Crippen molar-refractivity contribution in [2.75, 3.05) is 0 Å². The van der Waals surface area contributed by atoms with Gasteiger partial charge in [0.2, 0.25) is 0 Å². The second-order valence-corrected chi connectivity index (χ2v) is 1.48. The molecule has 0 aliphatic heterocycles. The van der Waals surface area contributed by atoms with Crippen molar-refractivity contribution in [1.29, 1.82) is 0 Å². The Morgan fingerprint density at radius 3 is 0.500 bits per heavy atom. The van der Waals surface area contributed by atoms with Crippen LogP contribution in [0.25, 0.3) is 0 Å². The zero-order valence-electron chi connectivity index (χ0n) is 3.42. The van der Waals surface area contributed by atoms with Crippen LogP contribution in [-0.2, 0) is 0 Å². The molecule has 0 atom stereocenters. The molecule has 0 aromatic heterocycles. The molecule has 0 aromatic rings. The maximum absolute atomic E-state index is 9.81. The second kappa shape index (κ2) is 29.7. The molecule has 0 unspecified atom stereocenters. The number of halogens is 6. The molecule has 0 radical (unpaired) electrons. The van der Waals surface area contributed by atoms with E-state index in [1.165, 1.54) is 0 Å². The third-order valence-electron chi connectivity index (χ3n) is 0. The Bertz CT molecular complexity index is 37.0. The van der Waals surface area contributed by atoms with Crippen molar-refractivity contribution in [2.45, 2.75) is 0 Å². The average molecular weight is 363 g/mol. The van der Waals surface area contributed by atoms with Crippen LogP contribution >= 0.6 is 0 Å². The number of rotatable bonds is 0. The van der Waals surface area contributed by atoms with Crippen molar-refractivity contribution < 1.29 is 21.1 Å². The normalized spacial score (nSPS) is 4.50. The van der Waals surface area contributed by atoms with Gasteiger partial charge < -0.3 is 21.1 Å². The summed E-state index contributed by atoms with van der Waals surface area (Å²) in [5.74, 6) is 0. The summed E-state index contributed by atoms with van der Waals surface area (Å²) in [5, 5.41) is 0. The Hall–Kier alpha value is 4.80. The molecule has 0 amide bonds. The van der Waals surface area contributed by atoms with Crippen LogP contribution in [-0.4, -0.2) is 160 Å². The second-order valence-electron chi connectivity index (χ2n) is 0.495. The molecule has 0 aliphatic rings. The Labute approximate surface area is 176 Å². The summed E-state index contributed by atoms with van der Waals surface area (Å²) < 4.78 is 58.8. The predicted octanol–water partition coefficient (Wildman–Crippen LogP) is -1.37. The van der Waals surface area contributed by atoms with E-state index in [1.807, 2.05) is 0 Å². The fourth-order valence-electron chi connectivity index (χ4n) is 0. The molecule has 0 aliphatic carbocycles. The molecule has 0 heterocycles. The molecule has 60 valence electrons. The molecular formula is H6Al2F6Li2Sr2. The van der Waals surface area contributed by atoms with Gasteiger partial charge in [-0.05, 0) is 0 Å². The van der Waals surface area contributed by atoms with Crippen molar-refractivity contribution in [2.24, 2.45) is 0 Å². The molecule has 0 saturated heterocycles. The van der Waals surface area contributed by atoms with E-state index in [9.17, 15) is 21.1 Å². The Balaban J connectivity index is -0.0000000112. The van der Waals surface area contributed by atoms with Gasteiger partial charge in [-0.15, -0.1) is 0 Å². The van der Waals surface area contributed by atoms with E-state index in [0.717, 1.165) is 0 Å². The third-order valence-corrected chi connectivity index (χ3v) is 0. The molecule has 0 aromatic carbocycles. The van der Waals surface area contributed by atoms with Gasteiger partial charge in [-0.2, -0.15) is 0 Å².